The second-order valence-corrected chi connectivity index (χ2v) is 6.45. The molecule has 0 aromatic carbocycles. The lowest BCUT2D eigenvalue weighted by Crippen LogP contribution is -2.10. The summed E-state index contributed by atoms with van der Waals surface area (Å²) in [5.74, 6) is 0.355. The Hall–Kier alpha value is -1.74. The van der Waals surface area contributed by atoms with E-state index < -0.39 is 13.9 Å². The van der Waals surface area contributed by atoms with Crippen molar-refractivity contribution in [2.24, 2.45) is 0 Å². The fraction of sp³-hybridized carbons (Fsp3) is 0.545. The van der Waals surface area contributed by atoms with Gasteiger partial charge in [-0.05, 0) is 13.8 Å². The van der Waals surface area contributed by atoms with Crippen molar-refractivity contribution >= 4 is 24.7 Å². The van der Waals surface area contributed by atoms with Crippen LogP contribution in [0.3, 0.4) is 0 Å². The molecule has 0 aliphatic rings. The summed E-state index contributed by atoms with van der Waals surface area (Å²) >= 11 is 0. The van der Waals surface area contributed by atoms with Crippen LogP contribution in [0.4, 0.5) is 5.95 Å². The van der Waals surface area contributed by atoms with Gasteiger partial charge in [-0.1, -0.05) is 0 Å². The zero-order chi connectivity index (χ0) is 16.3. The van der Waals surface area contributed by atoms with Gasteiger partial charge in [-0.2, -0.15) is 9.97 Å². The van der Waals surface area contributed by atoms with E-state index in [2.05, 4.69) is 15.0 Å². The molecule has 2 rings (SSSR count). The van der Waals surface area contributed by atoms with Crippen LogP contribution in [-0.4, -0.2) is 48.4 Å². The molecule has 0 amide bonds. The summed E-state index contributed by atoms with van der Waals surface area (Å²) in [7, 11) is -4.16. The summed E-state index contributed by atoms with van der Waals surface area (Å²) in [5.41, 5.74) is 6.61. The van der Waals surface area contributed by atoms with E-state index in [4.69, 9.17) is 25.0 Å². The third kappa shape index (κ3) is 4.38. The molecular formula is C11H18N5O5P. The number of ether oxygens (including phenoxy) is 2. The number of imidazole rings is 1. The van der Waals surface area contributed by atoms with Crippen molar-refractivity contribution in [3.63, 3.8) is 0 Å². The fourth-order valence-corrected chi connectivity index (χ4v) is 2.12. The van der Waals surface area contributed by atoms with Gasteiger partial charge in [0.05, 0.1) is 19.0 Å². The molecule has 0 atom stereocenters. The number of fused-ring (bicyclic) bond motifs is 1. The Kier molecular flexibility index (Phi) is 4.97. The predicted molar refractivity (Wildman–Crippen MR) is 78.4 cm³/mol. The smallest absolute Gasteiger partial charge is 0.350 e. The summed E-state index contributed by atoms with van der Waals surface area (Å²) in [6.07, 6.45) is 0.805. The lowest BCUT2D eigenvalue weighted by Gasteiger charge is -2.10. The molecule has 0 aliphatic heterocycles. The van der Waals surface area contributed by atoms with Gasteiger partial charge in [-0.3, -0.25) is 4.57 Å². The molecule has 2 aromatic rings. The van der Waals surface area contributed by atoms with Gasteiger partial charge in [0.2, 0.25) is 11.8 Å². The van der Waals surface area contributed by atoms with Crippen LogP contribution in [-0.2, 0) is 15.8 Å². The average Bonchev–Trinajstić information content (AvgIpc) is 2.76. The second kappa shape index (κ2) is 6.57. The molecule has 122 valence electrons. The Morgan fingerprint density at radius 1 is 1.41 bits per heavy atom. The predicted octanol–water partition coefficient (Wildman–Crippen LogP) is 0.347. The van der Waals surface area contributed by atoms with E-state index in [9.17, 15) is 4.57 Å². The Morgan fingerprint density at radius 2 is 2.14 bits per heavy atom. The van der Waals surface area contributed by atoms with Crippen molar-refractivity contribution in [3.8, 4) is 5.88 Å². The Morgan fingerprint density at radius 3 is 2.77 bits per heavy atom. The quantitative estimate of drug-likeness (QED) is 0.483. The van der Waals surface area contributed by atoms with Crippen LogP contribution in [0.2, 0.25) is 0 Å². The molecule has 0 aliphatic carbocycles. The van der Waals surface area contributed by atoms with Gasteiger partial charge >= 0.3 is 7.60 Å². The zero-order valence-electron chi connectivity index (χ0n) is 12.2. The van der Waals surface area contributed by atoms with Gasteiger partial charge in [0.15, 0.2) is 11.2 Å². The van der Waals surface area contributed by atoms with Crippen LogP contribution in [0.25, 0.3) is 11.2 Å². The molecular weight excluding hydrogens is 313 g/mol. The topological polar surface area (TPSA) is 146 Å². The average molecular weight is 331 g/mol. The number of nitrogens with zero attached hydrogens (tertiary/aromatic N) is 4. The van der Waals surface area contributed by atoms with E-state index in [1.165, 1.54) is 6.33 Å². The van der Waals surface area contributed by atoms with E-state index >= 15 is 0 Å². The van der Waals surface area contributed by atoms with Crippen molar-refractivity contribution in [1.82, 2.24) is 19.5 Å². The van der Waals surface area contributed by atoms with Crippen LogP contribution in [0.5, 0.6) is 5.88 Å². The second-order valence-electron chi connectivity index (χ2n) is 4.87. The third-order valence-corrected chi connectivity index (χ3v) is 3.05. The van der Waals surface area contributed by atoms with Crippen LogP contribution in [0, 0.1) is 0 Å². The summed E-state index contributed by atoms with van der Waals surface area (Å²) < 4.78 is 22.8. The van der Waals surface area contributed by atoms with Crippen molar-refractivity contribution in [2.75, 3.05) is 18.7 Å². The number of nitrogens with two attached hydrogens (primary N) is 1. The highest BCUT2D eigenvalue weighted by Gasteiger charge is 2.15. The molecule has 0 unspecified atom stereocenters. The number of hydrogen-bond donors (Lipinski definition) is 3. The number of nitrogen functional groups attached to an aromatic ring is 1. The largest absolute Gasteiger partial charge is 0.473 e. The highest BCUT2D eigenvalue weighted by molar-refractivity contribution is 7.51. The maximum absolute atomic E-state index is 10.7. The number of aromatic nitrogens is 4. The molecule has 0 saturated carbocycles. The molecule has 0 fully saturated rings. The van der Waals surface area contributed by atoms with Gasteiger partial charge in [0.1, 0.15) is 6.35 Å². The summed E-state index contributed by atoms with van der Waals surface area (Å²) in [4.78, 5) is 29.7. The van der Waals surface area contributed by atoms with Crippen LogP contribution in [0.1, 0.15) is 13.8 Å². The van der Waals surface area contributed by atoms with E-state index in [0.29, 0.717) is 23.6 Å². The molecule has 2 aromatic heterocycles. The van der Waals surface area contributed by atoms with Gasteiger partial charge in [-0.25, -0.2) is 4.98 Å². The van der Waals surface area contributed by atoms with E-state index in [1.807, 2.05) is 13.8 Å². The van der Waals surface area contributed by atoms with Crippen molar-refractivity contribution in [1.29, 1.82) is 0 Å². The molecule has 22 heavy (non-hydrogen) atoms. The van der Waals surface area contributed by atoms with Gasteiger partial charge in [-0.15, -0.1) is 0 Å². The first-order chi connectivity index (χ1) is 10.3. The summed E-state index contributed by atoms with van der Waals surface area (Å²) in [5, 5.41) is 0. The van der Waals surface area contributed by atoms with Gasteiger partial charge in [0.25, 0.3) is 0 Å². The molecule has 11 heteroatoms. The zero-order valence-corrected chi connectivity index (χ0v) is 13.1. The van der Waals surface area contributed by atoms with Gasteiger partial charge in [0, 0.05) is 6.54 Å². The number of anilines is 1. The lowest BCUT2D eigenvalue weighted by molar-refractivity contribution is 0.149. The highest BCUT2D eigenvalue weighted by atomic mass is 31.2. The van der Waals surface area contributed by atoms with Crippen LogP contribution < -0.4 is 10.5 Å². The Bertz CT molecular complexity index is 697. The Balaban J connectivity index is 2.15. The minimum absolute atomic E-state index is 0.0565. The van der Waals surface area contributed by atoms with Crippen molar-refractivity contribution in [2.45, 2.75) is 26.5 Å². The minimum Gasteiger partial charge on any atom is -0.473 e. The van der Waals surface area contributed by atoms with Crippen molar-refractivity contribution < 1.29 is 23.8 Å². The van der Waals surface area contributed by atoms with Crippen molar-refractivity contribution in [3.05, 3.63) is 6.33 Å². The first-order valence-corrected chi connectivity index (χ1v) is 8.33. The molecule has 0 saturated heterocycles. The maximum atomic E-state index is 10.7. The third-order valence-electron chi connectivity index (χ3n) is 2.53. The first-order valence-electron chi connectivity index (χ1n) is 6.53. The summed E-state index contributed by atoms with van der Waals surface area (Å²) in [6.45, 7) is 4.13. The molecule has 0 radical (unpaired) electrons. The molecule has 0 bridgehead atoms. The molecule has 2 heterocycles. The van der Waals surface area contributed by atoms with Crippen LogP contribution >= 0.6 is 7.60 Å². The SMILES string of the molecule is CC(C)Oc1nc(N)nc2c1ncn2CCOCP(=O)(O)O. The number of rotatable bonds is 7. The first kappa shape index (κ1) is 16.6. The summed E-state index contributed by atoms with van der Waals surface area (Å²) in [6, 6.07) is 0. The van der Waals surface area contributed by atoms with E-state index in [1.54, 1.807) is 4.57 Å². The monoisotopic (exact) mass is 331 g/mol. The fourth-order valence-electron chi connectivity index (χ4n) is 1.75. The Labute approximate surface area is 126 Å². The lowest BCUT2D eigenvalue weighted by atomic mass is 10.4. The molecule has 10 nitrogen and oxygen atoms in total. The standard InChI is InChI=1S/C11H18N5O5P/c1-7(2)21-10-8-9(14-11(12)15-10)16(5-13-8)3-4-20-6-22(17,18)19/h5,7H,3-4,6H2,1-2H3,(H2,12,14,15)(H2,17,18,19). The normalized spacial score (nSPS) is 12.2. The minimum atomic E-state index is -4.16. The number of hydrogen-bond acceptors (Lipinski definition) is 7. The van der Waals surface area contributed by atoms with E-state index in [0.717, 1.165) is 0 Å². The highest BCUT2D eigenvalue weighted by Crippen LogP contribution is 2.33. The van der Waals surface area contributed by atoms with E-state index in [-0.39, 0.29) is 18.7 Å². The maximum Gasteiger partial charge on any atom is 0.350 e. The van der Waals surface area contributed by atoms with Gasteiger partial charge < -0.3 is 29.6 Å². The van der Waals surface area contributed by atoms with Crippen LogP contribution in [0.15, 0.2) is 6.33 Å². The molecule has 0 spiro atoms. The molecule has 4 N–H and O–H groups in total.